The number of carbonyl (C=O) groups is 1. The normalized spacial score (nSPS) is 21.4. The van der Waals surface area contributed by atoms with Crippen molar-refractivity contribution in [3.63, 3.8) is 0 Å². The molecule has 0 bridgehead atoms. The van der Waals surface area contributed by atoms with Crippen LogP contribution < -0.4 is 0 Å². The number of carbonyl (C=O) groups excluding carboxylic acids is 1. The van der Waals surface area contributed by atoms with E-state index in [2.05, 4.69) is 9.64 Å². The standard InChI is InChI=1S/C12H17NO4/c1-9-7-13(4-6-16-9)8-10-3-5-17-11(10)12(14)15-2/h3,5,9H,4,6-8H2,1-2H3. The number of hydrogen-bond acceptors (Lipinski definition) is 5. The van der Waals surface area contributed by atoms with Crippen LogP contribution in [0.3, 0.4) is 0 Å². The topological polar surface area (TPSA) is 51.9 Å². The van der Waals surface area contributed by atoms with E-state index < -0.39 is 5.97 Å². The van der Waals surface area contributed by atoms with E-state index in [9.17, 15) is 4.79 Å². The highest BCUT2D eigenvalue weighted by Gasteiger charge is 2.21. The average molecular weight is 239 g/mol. The first kappa shape index (κ1) is 12.1. The second-order valence-corrected chi connectivity index (χ2v) is 4.18. The van der Waals surface area contributed by atoms with Crippen LogP contribution in [0.25, 0.3) is 0 Å². The quantitative estimate of drug-likeness (QED) is 0.744. The lowest BCUT2D eigenvalue weighted by Gasteiger charge is -2.30. The summed E-state index contributed by atoms with van der Waals surface area (Å²) in [5, 5.41) is 0. The summed E-state index contributed by atoms with van der Waals surface area (Å²) in [5.41, 5.74) is 0.867. The maximum absolute atomic E-state index is 11.4. The molecule has 0 aliphatic carbocycles. The first-order valence-electron chi connectivity index (χ1n) is 5.69. The van der Waals surface area contributed by atoms with Crippen LogP contribution in [0.15, 0.2) is 16.7 Å². The average Bonchev–Trinajstić information content (AvgIpc) is 2.76. The molecule has 2 heterocycles. The van der Waals surface area contributed by atoms with Crippen molar-refractivity contribution in [2.75, 3.05) is 26.8 Å². The molecule has 1 fully saturated rings. The predicted molar refractivity (Wildman–Crippen MR) is 60.7 cm³/mol. The summed E-state index contributed by atoms with van der Waals surface area (Å²) in [5.74, 6) is -0.127. The number of rotatable bonds is 3. The van der Waals surface area contributed by atoms with Gasteiger partial charge < -0.3 is 13.9 Å². The Labute approximate surface area is 100 Å². The zero-order valence-electron chi connectivity index (χ0n) is 10.1. The number of nitrogens with zero attached hydrogens (tertiary/aromatic N) is 1. The van der Waals surface area contributed by atoms with Crippen LogP contribution in [-0.4, -0.2) is 43.8 Å². The van der Waals surface area contributed by atoms with Gasteiger partial charge in [0, 0.05) is 25.2 Å². The van der Waals surface area contributed by atoms with E-state index in [-0.39, 0.29) is 6.10 Å². The molecule has 1 unspecified atom stereocenters. The first-order valence-corrected chi connectivity index (χ1v) is 5.69. The van der Waals surface area contributed by atoms with Gasteiger partial charge in [-0.1, -0.05) is 0 Å². The molecule has 5 heteroatoms. The van der Waals surface area contributed by atoms with Crippen LogP contribution in [-0.2, 0) is 16.0 Å². The Hall–Kier alpha value is -1.33. The van der Waals surface area contributed by atoms with E-state index in [4.69, 9.17) is 9.15 Å². The van der Waals surface area contributed by atoms with E-state index in [1.807, 2.05) is 13.0 Å². The molecule has 17 heavy (non-hydrogen) atoms. The summed E-state index contributed by atoms with van der Waals surface area (Å²) in [6.07, 6.45) is 1.75. The maximum Gasteiger partial charge on any atom is 0.374 e. The van der Waals surface area contributed by atoms with Gasteiger partial charge >= 0.3 is 5.97 Å². The fraction of sp³-hybridized carbons (Fsp3) is 0.583. The van der Waals surface area contributed by atoms with Gasteiger partial charge in [0.15, 0.2) is 0 Å². The second-order valence-electron chi connectivity index (χ2n) is 4.18. The van der Waals surface area contributed by atoms with Gasteiger partial charge in [0.25, 0.3) is 0 Å². The molecule has 1 aliphatic rings. The predicted octanol–water partition coefficient (Wildman–Crippen LogP) is 1.29. The Morgan fingerprint density at radius 1 is 1.65 bits per heavy atom. The molecule has 0 amide bonds. The van der Waals surface area contributed by atoms with E-state index in [1.54, 1.807) is 0 Å². The summed E-state index contributed by atoms with van der Waals surface area (Å²) in [4.78, 5) is 13.7. The molecule has 0 saturated carbocycles. The van der Waals surface area contributed by atoms with Gasteiger partial charge in [-0.2, -0.15) is 0 Å². The minimum Gasteiger partial charge on any atom is -0.463 e. The molecule has 0 radical (unpaired) electrons. The molecule has 5 nitrogen and oxygen atoms in total. The zero-order chi connectivity index (χ0) is 12.3. The van der Waals surface area contributed by atoms with Gasteiger partial charge in [-0.05, 0) is 13.0 Å². The van der Waals surface area contributed by atoms with E-state index >= 15 is 0 Å². The lowest BCUT2D eigenvalue weighted by molar-refractivity contribution is -0.0213. The fourth-order valence-corrected chi connectivity index (χ4v) is 2.01. The number of furan rings is 1. The van der Waals surface area contributed by atoms with Crippen LogP contribution in [0, 0.1) is 0 Å². The lowest BCUT2D eigenvalue weighted by Crippen LogP contribution is -2.40. The van der Waals surface area contributed by atoms with Gasteiger partial charge in [-0.15, -0.1) is 0 Å². The molecule has 94 valence electrons. The van der Waals surface area contributed by atoms with E-state index in [0.717, 1.165) is 25.3 Å². The van der Waals surface area contributed by atoms with Crippen LogP contribution in [0.4, 0.5) is 0 Å². The summed E-state index contributed by atoms with van der Waals surface area (Å²) in [6, 6.07) is 1.81. The number of ether oxygens (including phenoxy) is 2. The molecule has 1 atom stereocenters. The molecule has 1 saturated heterocycles. The highest BCUT2D eigenvalue weighted by molar-refractivity contribution is 5.87. The summed E-state index contributed by atoms with van der Waals surface area (Å²) < 4.78 is 15.3. The number of esters is 1. The third-order valence-corrected chi connectivity index (χ3v) is 2.84. The van der Waals surface area contributed by atoms with Crippen molar-refractivity contribution in [2.24, 2.45) is 0 Å². The van der Waals surface area contributed by atoms with Gasteiger partial charge in [-0.3, -0.25) is 4.90 Å². The Morgan fingerprint density at radius 2 is 2.47 bits per heavy atom. The van der Waals surface area contributed by atoms with Crippen molar-refractivity contribution in [3.8, 4) is 0 Å². The van der Waals surface area contributed by atoms with Crippen molar-refractivity contribution in [1.29, 1.82) is 0 Å². The number of methoxy groups -OCH3 is 1. The largest absolute Gasteiger partial charge is 0.463 e. The molecule has 0 N–H and O–H groups in total. The highest BCUT2D eigenvalue weighted by Crippen LogP contribution is 2.16. The number of hydrogen-bond donors (Lipinski definition) is 0. The molecular formula is C12H17NO4. The SMILES string of the molecule is COC(=O)c1occc1CN1CCOC(C)C1. The first-order chi connectivity index (χ1) is 8.20. The highest BCUT2D eigenvalue weighted by atomic mass is 16.5. The molecular weight excluding hydrogens is 222 g/mol. The zero-order valence-corrected chi connectivity index (χ0v) is 10.1. The molecule has 1 aromatic rings. The van der Waals surface area contributed by atoms with Gasteiger partial charge in [-0.25, -0.2) is 4.79 Å². The molecule has 0 aromatic carbocycles. The van der Waals surface area contributed by atoms with E-state index in [0.29, 0.717) is 12.3 Å². The van der Waals surface area contributed by atoms with Crippen LogP contribution in [0.1, 0.15) is 23.0 Å². The summed E-state index contributed by atoms with van der Waals surface area (Å²) >= 11 is 0. The third-order valence-electron chi connectivity index (χ3n) is 2.84. The molecule has 0 spiro atoms. The monoisotopic (exact) mass is 239 g/mol. The molecule has 1 aliphatic heterocycles. The van der Waals surface area contributed by atoms with Gasteiger partial charge in [0.2, 0.25) is 5.76 Å². The fourth-order valence-electron chi connectivity index (χ4n) is 2.01. The Balaban J connectivity index is 2.03. The van der Waals surface area contributed by atoms with Crippen LogP contribution in [0.5, 0.6) is 0 Å². The van der Waals surface area contributed by atoms with Gasteiger partial charge in [0.05, 0.1) is 26.1 Å². The number of morpholine rings is 1. The Morgan fingerprint density at radius 3 is 3.18 bits per heavy atom. The van der Waals surface area contributed by atoms with E-state index in [1.165, 1.54) is 13.4 Å². The molecule has 1 aromatic heterocycles. The smallest absolute Gasteiger partial charge is 0.374 e. The van der Waals surface area contributed by atoms with Crippen LogP contribution in [0.2, 0.25) is 0 Å². The van der Waals surface area contributed by atoms with Crippen molar-refractivity contribution < 1.29 is 18.7 Å². The minimum absolute atomic E-state index is 0.234. The molecule has 2 rings (SSSR count). The van der Waals surface area contributed by atoms with Crippen molar-refractivity contribution in [1.82, 2.24) is 4.90 Å². The Bertz CT molecular complexity index is 388. The lowest BCUT2D eigenvalue weighted by atomic mass is 10.2. The van der Waals surface area contributed by atoms with Crippen molar-refractivity contribution >= 4 is 5.97 Å². The Kier molecular flexibility index (Phi) is 3.81. The summed E-state index contributed by atoms with van der Waals surface area (Å²) in [7, 11) is 1.35. The summed E-state index contributed by atoms with van der Waals surface area (Å²) in [6.45, 7) is 5.20. The van der Waals surface area contributed by atoms with Gasteiger partial charge in [0.1, 0.15) is 0 Å². The van der Waals surface area contributed by atoms with Crippen molar-refractivity contribution in [3.05, 3.63) is 23.7 Å². The minimum atomic E-state index is -0.425. The third kappa shape index (κ3) is 2.87. The maximum atomic E-state index is 11.4. The second kappa shape index (κ2) is 5.33. The van der Waals surface area contributed by atoms with Crippen LogP contribution >= 0.6 is 0 Å². The van der Waals surface area contributed by atoms with Crippen molar-refractivity contribution in [2.45, 2.75) is 19.6 Å².